The van der Waals surface area contributed by atoms with E-state index in [2.05, 4.69) is 0 Å². The van der Waals surface area contributed by atoms with Gasteiger partial charge in [-0.15, -0.1) is 0 Å². The van der Waals surface area contributed by atoms with E-state index in [1.165, 1.54) is 13.3 Å². The monoisotopic (exact) mass is 142 g/mol. The van der Waals surface area contributed by atoms with Crippen LogP contribution in [0.15, 0.2) is 11.0 Å². The van der Waals surface area contributed by atoms with Gasteiger partial charge in [-0.05, 0) is 0 Å². The second-order valence-corrected chi connectivity index (χ2v) is 1.91. The van der Waals surface area contributed by atoms with Crippen LogP contribution in [0.1, 0.15) is 0 Å². The highest BCUT2D eigenvalue weighted by Gasteiger charge is 2.16. The Balaban J connectivity index is 2.79. The fourth-order valence-corrected chi connectivity index (χ4v) is 0.548. The molecule has 1 radical (unpaired) electrons. The summed E-state index contributed by atoms with van der Waals surface area (Å²) >= 11 is 5.30. The predicted molar refractivity (Wildman–Crippen MR) is 33.2 cm³/mol. The van der Waals surface area contributed by atoms with Crippen LogP contribution in [0.2, 0.25) is 0 Å². The summed E-state index contributed by atoms with van der Waals surface area (Å²) in [5.74, 6) is 0.302. The van der Waals surface area contributed by atoms with Crippen molar-refractivity contribution in [2.45, 2.75) is 0 Å². The number of hydrogen-bond acceptors (Lipinski definition) is 2. The predicted octanol–water partition coefficient (Wildman–Crippen LogP) is 0.0206. The average molecular weight is 142 g/mol. The molecule has 0 fully saturated rings. The molecular formula is C4H2BClNO2. The molecule has 0 aliphatic carbocycles. The molecule has 1 heterocycles. The van der Waals surface area contributed by atoms with Gasteiger partial charge in [-0.1, -0.05) is 17.6 Å². The summed E-state index contributed by atoms with van der Waals surface area (Å²) in [7, 11) is 1.20. The van der Waals surface area contributed by atoms with Gasteiger partial charge in [0, 0.05) is 0 Å². The maximum absolute atomic E-state index is 10.5. The van der Waals surface area contributed by atoms with Gasteiger partial charge in [0.2, 0.25) is 0 Å². The quantitative estimate of drug-likeness (QED) is 0.485. The highest BCUT2D eigenvalue weighted by Crippen LogP contribution is 2.02. The van der Waals surface area contributed by atoms with Crippen molar-refractivity contribution in [2.75, 3.05) is 0 Å². The van der Waals surface area contributed by atoms with Crippen molar-refractivity contribution in [3.8, 4) is 0 Å². The van der Waals surface area contributed by atoms with E-state index < -0.39 is 11.7 Å². The maximum atomic E-state index is 10.5. The number of carbonyl (C=O) groups excluding carboxylic acids is 2. The Labute approximate surface area is 57.3 Å². The van der Waals surface area contributed by atoms with Crippen molar-refractivity contribution in [3.63, 3.8) is 0 Å². The molecule has 0 aromatic heterocycles. The minimum absolute atomic E-state index is 0.0367. The first-order valence-corrected chi connectivity index (χ1v) is 2.64. The molecule has 0 atom stereocenters. The Hall–Kier alpha value is -0.765. The van der Waals surface area contributed by atoms with Crippen LogP contribution in [0, 0.1) is 0 Å². The molecule has 0 aromatic rings. The molecule has 0 bridgehead atoms. The zero-order valence-corrected chi connectivity index (χ0v) is 5.11. The average Bonchev–Trinajstić information content (AvgIpc) is 1.80. The van der Waals surface area contributed by atoms with E-state index in [1.54, 1.807) is 0 Å². The largest absolute Gasteiger partial charge is 0.301 e. The SMILES string of the molecule is O=C1[B]C=C(Cl)C(=O)N1. The van der Waals surface area contributed by atoms with Gasteiger partial charge in [-0.3, -0.25) is 9.59 Å². The topological polar surface area (TPSA) is 46.2 Å². The zero-order chi connectivity index (χ0) is 6.85. The lowest BCUT2D eigenvalue weighted by Crippen LogP contribution is -2.36. The van der Waals surface area contributed by atoms with Crippen LogP contribution in [0.3, 0.4) is 0 Å². The fraction of sp³-hybridized carbons (Fsp3) is 0. The molecule has 0 saturated carbocycles. The third-order valence-electron chi connectivity index (χ3n) is 0.835. The summed E-state index contributed by atoms with van der Waals surface area (Å²) in [5.41, 5.74) is 0. The standard InChI is InChI=1S/C4H2BClNO2/c6-2-1-5-4(9)7-3(2)8/h1H,(H,7,8,9). The van der Waals surface area contributed by atoms with Crippen molar-refractivity contribution in [1.29, 1.82) is 0 Å². The zero-order valence-electron chi connectivity index (χ0n) is 4.35. The van der Waals surface area contributed by atoms with E-state index in [-0.39, 0.29) is 5.03 Å². The Morgan fingerprint density at radius 1 is 1.56 bits per heavy atom. The van der Waals surface area contributed by atoms with E-state index in [9.17, 15) is 9.59 Å². The van der Waals surface area contributed by atoms with Crippen molar-refractivity contribution >= 4 is 30.6 Å². The Morgan fingerprint density at radius 3 is 2.67 bits per heavy atom. The number of rotatable bonds is 0. The van der Waals surface area contributed by atoms with Gasteiger partial charge in [0.15, 0.2) is 5.81 Å². The molecule has 0 unspecified atom stereocenters. The van der Waals surface area contributed by atoms with Gasteiger partial charge in [0.05, 0.1) is 5.03 Å². The number of halogens is 1. The van der Waals surface area contributed by atoms with E-state index in [4.69, 9.17) is 11.6 Å². The minimum Gasteiger partial charge on any atom is -0.301 e. The second kappa shape index (κ2) is 2.23. The lowest BCUT2D eigenvalue weighted by molar-refractivity contribution is -0.115. The highest BCUT2D eigenvalue weighted by atomic mass is 35.5. The van der Waals surface area contributed by atoms with Crippen LogP contribution in [-0.4, -0.2) is 19.0 Å². The smallest absolute Gasteiger partial charge is 0.267 e. The van der Waals surface area contributed by atoms with Crippen LogP contribution in [0.4, 0.5) is 4.79 Å². The molecule has 5 heteroatoms. The summed E-state index contributed by atoms with van der Waals surface area (Å²) in [6.45, 7) is 0. The Kier molecular flexibility index (Phi) is 1.57. The van der Waals surface area contributed by atoms with Gasteiger partial charge in [-0.2, -0.15) is 0 Å². The van der Waals surface area contributed by atoms with Crippen molar-refractivity contribution in [3.05, 3.63) is 11.0 Å². The first-order valence-electron chi connectivity index (χ1n) is 2.26. The number of amides is 2. The maximum Gasteiger partial charge on any atom is 0.267 e. The van der Waals surface area contributed by atoms with E-state index in [1.807, 2.05) is 5.32 Å². The summed E-state index contributed by atoms with van der Waals surface area (Å²) in [5, 5.41) is 2.03. The summed E-state index contributed by atoms with van der Waals surface area (Å²) in [6, 6.07) is 0. The van der Waals surface area contributed by atoms with Gasteiger partial charge in [0.25, 0.3) is 13.2 Å². The molecule has 0 saturated heterocycles. The molecule has 9 heavy (non-hydrogen) atoms. The van der Waals surface area contributed by atoms with Gasteiger partial charge >= 0.3 is 0 Å². The molecule has 0 spiro atoms. The van der Waals surface area contributed by atoms with Gasteiger partial charge in [-0.25, -0.2) is 0 Å². The first kappa shape index (κ1) is 6.36. The minimum atomic E-state index is -0.538. The molecule has 0 aromatic carbocycles. The summed E-state index contributed by atoms with van der Waals surface area (Å²) < 4.78 is 0. The normalized spacial score (nSPS) is 18.1. The lowest BCUT2D eigenvalue weighted by atomic mass is 9.75. The van der Waals surface area contributed by atoms with E-state index >= 15 is 0 Å². The van der Waals surface area contributed by atoms with Crippen LogP contribution in [-0.2, 0) is 4.79 Å². The van der Waals surface area contributed by atoms with Crippen molar-refractivity contribution in [2.24, 2.45) is 0 Å². The van der Waals surface area contributed by atoms with Crippen LogP contribution < -0.4 is 5.32 Å². The fourth-order valence-electron chi connectivity index (χ4n) is 0.438. The second-order valence-electron chi connectivity index (χ2n) is 1.50. The number of carbonyl (C=O) groups is 2. The Morgan fingerprint density at radius 2 is 2.22 bits per heavy atom. The van der Waals surface area contributed by atoms with Gasteiger partial charge < -0.3 is 5.32 Å². The van der Waals surface area contributed by atoms with E-state index in [0.717, 1.165) is 0 Å². The molecule has 1 aliphatic rings. The van der Waals surface area contributed by atoms with E-state index in [0.29, 0.717) is 0 Å². The van der Waals surface area contributed by atoms with Crippen LogP contribution in [0.25, 0.3) is 0 Å². The van der Waals surface area contributed by atoms with Crippen LogP contribution >= 0.6 is 11.6 Å². The number of hydrogen-bond donors (Lipinski definition) is 1. The number of nitrogens with one attached hydrogen (secondary N) is 1. The first-order chi connectivity index (χ1) is 4.20. The molecule has 1 N–H and O–H groups in total. The molecular weight excluding hydrogens is 140 g/mol. The van der Waals surface area contributed by atoms with Crippen molar-refractivity contribution < 1.29 is 9.59 Å². The van der Waals surface area contributed by atoms with Crippen LogP contribution in [0.5, 0.6) is 0 Å². The molecule has 3 nitrogen and oxygen atoms in total. The Bertz CT molecular complexity index is 201. The summed E-state index contributed by atoms with van der Waals surface area (Å²) in [6.07, 6.45) is 0. The highest BCUT2D eigenvalue weighted by molar-refractivity contribution is 6.81. The molecule has 45 valence electrons. The third kappa shape index (κ3) is 1.32. The van der Waals surface area contributed by atoms with Crippen molar-refractivity contribution in [1.82, 2.24) is 5.32 Å². The lowest BCUT2D eigenvalue weighted by Gasteiger charge is -2.04. The van der Waals surface area contributed by atoms with Gasteiger partial charge in [0.1, 0.15) is 0 Å². The summed E-state index contributed by atoms with van der Waals surface area (Å²) in [4.78, 5) is 20.8. The molecule has 1 aliphatic heterocycles. The molecule has 2 amide bonds. The molecule has 1 rings (SSSR count). The third-order valence-corrected chi connectivity index (χ3v) is 1.13. The number of imide groups is 1.